The highest BCUT2D eigenvalue weighted by Gasteiger charge is 2.23. The van der Waals surface area contributed by atoms with Crippen molar-refractivity contribution in [3.8, 4) is 0 Å². The number of hydrogen-bond acceptors (Lipinski definition) is 3. The SMILES string of the molecule is O=C1CCCC[C@H]1ONc1ccc(Br)cc1. The Morgan fingerprint density at radius 1 is 1.25 bits per heavy atom. The zero-order valence-electron chi connectivity index (χ0n) is 8.91. The number of hydrogen-bond donors (Lipinski definition) is 1. The summed E-state index contributed by atoms with van der Waals surface area (Å²) in [5.41, 5.74) is 3.69. The van der Waals surface area contributed by atoms with Crippen LogP contribution >= 0.6 is 15.9 Å². The minimum absolute atomic E-state index is 0.205. The first kappa shape index (κ1) is 11.6. The molecule has 0 bridgehead atoms. The fraction of sp³-hybridized carbons (Fsp3) is 0.417. The molecule has 16 heavy (non-hydrogen) atoms. The molecule has 0 amide bonds. The fourth-order valence-corrected chi connectivity index (χ4v) is 2.00. The summed E-state index contributed by atoms with van der Waals surface area (Å²) in [5, 5.41) is 0. The van der Waals surface area contributed by atoms with Crippen LogP contribution in [0.4, 0.5) is 5.69 Å². The van der Waals surface area contributed by atoms with Gasteiger partial charge in [0.05, 0.1) is 5.69 Å². The van der Waals surface area contributed by atoms with Crippen LogP contribution in [0.15, 0.2) is 28.7 Å². The van der Waals surface area contributed by atoms with Gasteiger partial charge in [0.1, 0.15) is 6.10 Å². The molecule has 2 rings (SSSR count). The van der Waals surface area contributed by atoms with Gasteiger partial charge in [0.2, 0.25) is 0 Å². The van der Waals surface area contributed by atoms with E-state index in [1.54, 1.807) is 0 Å². The van der Waals surface area contributed by atoms with E-state index in [9.17, 15) is 4.79 Å². The minimum Gasteiger partial charge on any atom is -0.297 e. The van der Waals surface area contributed by atoms with Gasteiger partial charge >= 0.3 is 0 Å². The summed E-state index contributed by atoms with van der Waals surface area (Å²) in [4.78, 5) is 16.9. The molecule has 0 saturated heterocycles. The average Bonchev–Trinajstić information content (AvgIpc) is 2.30. The van der Waals surface area contributed by atoms with Crippen molar-refractivity contribution in [2.45, 2.75) is 31.8 Å². The fourth-order valence-electron chi connectivity index (χ4n) is 1.73. The van der Waals surface area contributed by atoms with Crippen molar-refractivity contribution in [1.29, 1.82) is 0 Å². The predicted octanol–water partition coefficient (Wildman–Crippen LogP) is 3.30. The molecule has 1 aliphatic carbocycles. The standard InChI is InChI=1S/C12H14BrNO2/c13-9-5-7-10(8-6-9)14-16-12-4-2-1-3-11(12)15/h5-8,12,14H,1-4H2/t12-/m1/s1. The Labute approximate surface area is 103 Å². The molecule has 1 aliphatic rings. The third-order valence-electron chi connectivity index (χ3n) is 2.66. The maximum absolute atomic E-state index is 11.5. The smallest absolute Gasteiger partial charge is 0.164 e. The molecule has 1 aromatic rings. The number of benzene rings is 1. The van der Waals surface area contributed by atoms with Gasteiger partial charge < -0.3 is 0 Å². The summed E-state index contributed by atoms with van der Waals surface area (Å²) in [7, 11) is 0. The third kappa shape index (κ3) is 3.06. The van der Waals surface area contributed by atoms with E-state index in [1.165, 1.54) is 0 Å². The molecule has 0 heterocycles. The topological polar surface area (TPSA) is 38.3 Å². The van der Waals surface area contributed by atoms with E-state index in [-0.39, 0.29) is 11.9 Å². The molecule has 0 radical (unpaired) electrons. The van der Waals surface area contributed by atoms with E-state index in [0.717, 1.165) is 29.4 Å². The lowest BCUT2D eigenvalue weighted by atomic mass is 9.97. The zero-order chi connectivity index (χ0) is 11.4. The first-order valence-electron chi connectivity index (χ1n) is 5.45. The van der Waals surface area contributed by atoms with Crippen molar-refractivity contribution in [2.24, 2.45) is 0 Å². The van der Waals surface area contributed by atoms with Crippen molar-refractivity contribution < 1.29 is 9.63 Å². The number of anilines is 1. The van der Waals surface area contributed by atoms with E-state index in [2.05, 4.69) is 21.4 Å². The highest BCUT2D eigenvalue weighted by Crippen LogP contribution is 2.19. The van der Waals surface area contributed by atoms with E-state index in [1.807, 2.05) is 24.3 Å². The summed E-state index contributed by atoms with van der Waals surface area (Å²) in [6.45, 7) is 0. The highest BCUT2D eigenvalue weighted by atomic mass is 79.9. The Balaban J connectivity index is 1.86. The van der Waals surface area contributed by atoms with E-state index in [0.29, 0.717) is 6.42 Å². The number of Topliss-reactive ketones (excluding diaryl/α,β-unsaturated/α-hetero) is 1. The maximum Gasteiger partial charge on any atom is 0.164 e. The van der Waals surface area contributed by atoms with Gasteiger partial charge in [-0.3, -0.25) is 15.1 Å². The Morgan fingerprint density at radius 3 is 2.69 bits per heavy atom. The molecule has 86 valence electrons. The van der Waals surface area contributed by atoms with Crippen LogP contribution in [0, 0.1) is 0 Å². The Kier molecular flexibility index (Phi) is 3.96. The van der Waals surface area contributed by atoms with Gasteiger partial charge in [0, 0.05) is 10.9 Å². The van der Waals surface area contributed by atoms with Crippen LogP contribution in [0.2, 0.25) is 0 Å². The average molecular weight is 284 g/mol. The summed E-state index contributed by atoms with van der Waals surface area (Å²) in [6, 6.07) is 7.65. The van der Waals surface area contributed by atoms with Gasteiger partial charge in [-0.2, -0.15) is 0 Å². The summed E-state index contributed by atoms with van der Waals surface area (Å²) < 4.78 is 1.02. The molecular weight excluding hydrogens is 270 g/mol. The normalized spacial score (nSPS) is 20.8. The lowest BCUT2D eigenvalue weighted by molar-refractivity contribution is -0.131. The van der Waals surface area contributed by atoms with E-state index in [4.69, 9.17) is 4.84 Å². The van der Waals surface area contributed by atoms with Crippen LogP contribution in [0.5, 0.6) is 0 Å². The Hall–Kier alpha value is -0.870. The van der Waals surface area contributed by atoms with Gasteiger partial charge in [0.25, 0.3) is 0 Å². The summed E-state index contributed by atoms with van der Waals surface area (Å²) >= 11 is 3.36. The van der Waals surface area contributed by atoms with Gasteiger partial charge in [0.15, 0.2) is 5.78 Å². The van der Waals surface area contributed by atoms with Crippen molar-refractivity contribution in [2.75, 3.05) is 5.48 Å². The largest absolute Gasteiger partial charge is 0.297 e. The van der Waals surface area contributed by atoms with Crippen molar-refractivity contribution in [1.82, 2.24) is 0 Å². The zero-order valence-corrected chi connectivity index (χ0v) is 10.5. The van der Waals surface area contributed by atoms with Crippen molar-refractivity contribution in [3.05, 3.63) is 28.7 Å². The van der Waals surface area contributed by atoms with Crippen molar-refractivity contribution >= 4 is 27.4 Å². The molecule has 1 N–H and O–H groups in total. The van der Waals surface area contributed by atoms with E-state index >= 15 is 0 Å². The highest BCUT2D eigenvalue weighted by molar-refractivity contribution is 9.10. The quantitative estimate of drug-likeness (QED) is 0.865. The first-order chi connectivity index (χ1) is 7.75. The van der Waals surface area contributed by atoms with Crippen LogP contribution in [0.25, 0.3) is 0 Å². The molecule has 1 saturated carbocycles. The number of carbonyl (C=O) groups excluding carboxylic acids is 1. The molecule has 1 atom stereocenters. The monoisotopic (exact) mass is 283 g/mol. The summed E-state index contributed by atoms with van der Waals surface area (Å²) in [5.74, 6) is 0.205. The molecule has 0 aliphatic heterocycles. The number of carbonyl (C=O) groups is 1. The third-order valence-corrected chi connectivity index (χ3v) is 3.19. The number of ketones is 1. The number of halogens is 1. The lowest BCUT2D eigenvalue weighted by Gasteiger charge is -2.20. The predicted molar refractivity (Wildman–Crippen MR) is 66.1 cm³/mol. The van der Waals surface area contributed by atoms with Crippen LogP contribution in [0.1, 0.15) is 25.7 Å². The first-order valence-corrected chi connectivity index (χ1v) is 6.25. The molecule has 1 fully saturated rings. The van der Waals surface area contributed by atoms with Gasteiger partial charge in [-0.25, -0.2) is 0 Å². The number of nitrogens with one attached hydrogen (secondary N) is 1. The van der Waals surface area contributed by atoms with Crippen LogP contribution < -0.4 is 5.48 Å². The molecule has 1 aromatic carbocycles. The lowest BCUT2D eigenvalue weighted by Crippen LogP contribution is -2.29. The van der Waals surface area contributed by atoms with Gasteiger partial charge in [-0.1, -0.05) is 15.9 Å². The maximum atomic E-state index is 11.5. The second kappa shape index (κ2) is 5.46. The molecule has 0 aromatic heterocycles. The van der Waals surface area contributed by atoms with Crippen LogP contribution in [-0.4, -0.2) is 11.9 Å². The summed E-state index contributed by atoms with van der Waals surface area (Å²) in [6.07, 6.45) is 3.25. The van der Waals surface area contributed by atoms with Crippen LogP contribution in [0.3, 0.4) is 0 Å². The molecule has 3 nitrogen and oxygen atoms in total. The van der Waals surface area contributed by atoms with Gasteiger partial charge in [-0.05, 0) is 43.5 Å². The molecule has 0 spiro atoms. The second-order valence-electron chi connectivity index (χ2n) is 3.93. The van der Waals surface area contributed by atoms with Crippen molar-refractivity contribution in [3.63, 3.8) is 0 Å². The van der Waals surface area contributed by atoms with E-state index < -0.39 is 0 Å². The molecule has 0 unspecified atom stereocenters. The van der Waals surface area contributed by atoms with Crippen LogP contribution in [-0.2, 0) is 9.63 Å². The Bertz CT molecular complexity index is 364. The second-order valence-corrected chi connectivity index (χ2v) is 4.84. The van der Waals surface area contributed by atoms with Gasteiger partial charge in [-0.15, -0.1) is 0 Å². The Morgan fingerprint density at radius 2 is 2.00 bits per heavy atom. The number of rotatable bonds is 3. The molecule has 4 heteroatoms. The molecular formula is C12H14BrNO2. The minimum atomic E-state index is -0.280.